The Labute approximate surface area is 105 Å². The Morgan fingerprint density at radius 2 is 2.18 bits per heavy atom. The number of rotatable bonds is 3. The molecule has 1 aliphatic rings. The summed E-state index contributed by atoms with van der Waals surface area (Å²) >= 11 is 0. The van der Waals surface area contributed by atoms with Gasteiger partial charge in [0.2, 0.25) is 0 Å². The molecule has 0 saturated carbocycles. The summed E-state index contributed by atoms with van der Waals surface area (Å²) in [6, 6.07) is 7.55. The van der Waals surface area contributed by atoms with Crippen molar-refractivity contribution in [2.24, 2.45) is 0 Å². The van der Waals surface area contributed by atoms with Crippen LogP contribution in [-0.2, 0) is 6.54 Å². The molecule has 1 aromatic carbocycles. The Morgan fingerprint density at radius 1 is 1.35 bits per heavy atom. The van der Waals surface area contributed by atoms with Gasteiger partial charge in [0.05, 0.1) is 0 Å². The zero-order valence-corrected chi connectivity index (χ0v) is 11.3. The summed E-state index contributed by atoms with van der Waals surface area (Å²) in [5.41, 5.74) is 4.21. The molecule has 0 radical (unpaired) electrons. The highest BCUT2D eigenvalue weighted by atomic mass is 15.2. The Hall–Kier alpha value is -1.02. The van der Waals surface area contributed by atoms with Crippen molar-refractivity contribution in [2.45, 2.75) is 45.7 Å². The highest BCUT2D eigenvalue weighted by molar-refractivity contribution is 5.55. The van der Waals surface area contributed by atoms with Crippen LogP contribution in [0.25, 0.3) is 0 Å². The molecule has 2 nitrogen and oxygen atoms in total. The first-order valence-electron chi connectivity index (χ1n) is 6.73. The third-order valence-corrected chi connectivity index (χ3v) is 3.75. The first-order valence-corrected chi connectivity index (χ1v) is 6.73. The zero-order valence-electron chi connectivity index (χ0n) is 11.3. The number of hydrogen-bond donors (Lipinski definition) is 1. The number of benzene rings is 1. The van der Waals surface area contributed by atoms with Gasteiger partial charge >= 0.3 is 0 Å². The molecule has 2 heteroatoms. The van der Waals surface area contributed by atoms with Gasteiger partial charge in [-0.25, -0.2) is 0 Å². The van der Waals surface area contributed by atoms with E-state index in [1.54, 1.807) is 0 Å². The first-order chi connectivity index (χ1) is 8.22. The second kappa shape index (κ2) is 5.54. The van der Waals surface area contributed by atoms with Crippen molar-refractivity contribution in [1.29, 1.82) is 0 Å². The predicted molar refractivity (Wildman–Crippen MR) is 74.6 cm³/mol. The van der Waals surface area contributed by atoms with Crippen LogP contribution < -0.4 is 10.2 Å². The maximum Gasteiger partial charge on any atom is 0.0398 e. The summed E-state index contributed by atoms with van der Waals surface area (Å²) in [5.74, 6) is 0. The second-order valence-corrected chi connectivity index (χ2v) is 5.19. The highest BCUT2D eigenvalue weighted by Gasteiger charge is 2.19. The van der Waals surface area contributed by atoms with E-state index in [-0.39, 0.29) is 0 Å². The summed E-state index contributed by atoms with van der Waals surface area (Å²) in [6.45, 7) is 6.75. The summed E-state index contributed by atoms with van der Waals surface area (Å²) in [7, 11) is 2.00. The third kappa shape index (κ3) is 2.81. The monoisotopic (exact) mass is 232 g/mol. The molecule has 0 spiro atoms. The number of hydrogen-bond acceptors (Lipinski definition) is 2. The fourth-order valence-corrected chi connectivity index (χ4v) is 2.81. The lowest BCUT2D eigenvalue weighted by molar-refractivity contribution is 0.484. The summed E-state index contributed by atoms with van der Waals surface area (Å²) in [6.07, 6.45) is 4.05. The number of anilines is 1. The van der Waals surface area contributed by atoms with Crippen molar-refractivity contribution in [3.63, 3.8) is 0 Å². The van der Waals surface area contributed by atoms with Crippen LogP contribution in [0.5, 0.6) is 0 Å². The van der Waals surface area contributed by atoms with Gasteiger partial charge in [-0.2, -0.15) is 0 Å². The average molecular weight is 232 g/mol. The largest absolute Gasteiger partial charge is 0.369 e. The van der Waals surface area contributed by atoms with Gasteiger partial charge in [-0.1, -0.05) is 12.1 Å². The standard InChI is InChI=1S/C15H24N2/c1-12-10-14(11-16-3)7-8-15(12)17-9-5-4-6-13(17)2/h7-8,10,13,16H,4-6,9,11H2,1-3H3. The lowest BCUT2D eigenvalue weighted by Gasteiger charge is -2.36. The lowest BCUT2D eigenvalue weighted by atomic mass is 10.0. The van der Waals surface area contributed by atoms with Crippen LogP contribution in [0.15, 0.2) is 18.2 Å². The van der Waals surface area contributed by atoms with Gasteiger partial charge < -0.3 is 10.2 Å². The quantitative estimate of drug-likeness (QED) is 0.861. The van der Waals surface area contributed by atoms with E-state index in [4.69, 9.17) is 0 Å². The molecule has 94 valence electrons. The van der Waals surface area contributed by atoms with Crippen molar-refractivity contribution in [3.05, 3.63) is 29.3 Å². The second-order valence-electron chi connectivity index (χ2n) is 5.19. The normalized spacial score (nSPS) is 20.6. The van der Waals surface area contributed by atoms with Gasteiger partial charge in [0.25, 0.3) is 0 Å². The van der Waals surface area contributed by atoms with Crippen LogP contribution in [0.2, 0.25) is 0 Å². The minimum absolute atomic E-state index is 0.692. The summed E-state index contributed by atoms with van der Waals surface area (Å²) in [5, 5.41) is 3.21. The third-order valence-electron chi connectivity index (χ3n) is 3.75. The molecular weight excluding hydrogens is 208 g/mol. The van der Waals surface area contributed by atoms with Gasteiger partial charge in [-0.3, -0.25) is 0 Å². The van der Waals surface area contributed by atoms with Crippen molar-refractivity contribution in [2.75, 3.05) is 18.5 Å². The summed E-state index contributed by atoms with van der Waals surface area (Å²) in [4.78, 5) is 2.57. The van der Waals surface area contributed by atoms with Crippen molar-refractivity contribution in [1.82, 2.24) is 5.32 Å². The molecule has 17 heavy (non-hydrogen) atoms. The van der Waals surface area contributed by atoms with E-state index in [0.29, 0.717) is 6.04 Å². The van der Waals surface area contributed by atoms with E-state index in [1.165, 1.54) is 42.6 Å². The van der Waals surface area contributed by atoms with Gasteiger partial charge in [-0.15, -0.1) is 0 Å². The van der Waals surface area contributed by atoms with Crippen molar-refractivity contribution in [3.8, 4) is 0 Å². The van der Waals surface area contributed by atoms with Gasteiger partial charge in [0.1, 0.15) is 0 Å². The molecule has 1 N–H and O–H groups in total. The molecule has 1 saturated heterocycles. The topological polar surface area (TPSA) is 15.3 Å². The zero-order chi connectivity index (χ0) is 12.3. The molecule has 0 bridgehead atoms. The number of nitrogens with zero attached hydrogens (tertiary/aromatic N) is 1. The smallest absolute Gasteiger partial charge is 0.0398 e. The van der Waals surface area contributed by atoms with E-state index in [9.17, 15) is 0 Å². The van der Waals surface area contributed by atoms with Crippen molar-refractivity contribution >= 4 is 5.69 Å². The Morgan fingerprint density at radius 3 is 2.82 bits per heavy atom. The van der Waals surface area contributed by atoms with Crippen LogP contribution in [-0.4, -0.2) is 19.6 Å². The van der Waals surface area contributed by atoms with E-state index < -0.39 is 0 Å². The summed E-state index contributed by atoms with van der Waals surface area (Å²) < 4.78 is 0. The predicted octanol–water partition coefficient (Wildman–Crippen LogP) is 3.09. The van der Waals surface area contributed by atoms with Gasteiger partial charge in [0.15, 0.2) is 0 Å². The van der Waals surface area contributed by atoms with E-state index in [0.717, 1.165) is 6.54 Å². The molecule has 1 atom stereocenters. The average Bonchev–Trinajstić information content (AvgIpc) is 2.31. The molecule has 0 aromatic heterocycles. The maximum atomic E-state index is 3.21. The van der Waals surface area contributed by atoms with Gasteiger partial charge in [-0.05, 0) is 57.4 Å². The number of aryl methyl sites for hydroxylation is 1. The molecule has 2 rings (SSSR count). The molecular formula is C15H24N2. The minimum atomic E-state index is 0.692. The van der Waals surface area contributed by atoms with Crippen molar-refractivity contribution < 1.29 is 0 Å². The van der Waals surface area contributed by atoms with E-state index >= 15 is 0 Å². The molecule has 1 unspecified atom stereocenters. The fraction of sp³-hybridized carbons (Fsp3) is 0.600. The molecule has 0 amide bonds. The lowest BCUT2D eigenvalue weighted by Crippen LogP contribution is -2.37. The fourth-order valence-electron chi connectivity index (χ4n) is 2.81. The maximum absolute atomic E-state index is 3.21. The minimum Gasteiger partial charge on any atom is -0.369 e. The molecule has 1 aromatic rings. The Bertz CT molecular complexity index is 373. The highest BCUT2D eigenvalue weighted by Crippen LogP contribution is 2.28. The van der Waals surface area contributed by atoms with E-state index in [2.05, 4.69) is 42.3 Å². The van der Waals surface area contributed by atoms with Crippen LogP contribution in [0.1, 0.15) is 37.3 Å². The molecule has 1 aliphatic heterocycles. The molecule has 1 fully saturated rings. The van der Waals surface area contributed by atoms with Crippen LogP contribution in [0.3, 0.4) is 0 Å². The van der Waals surface area contributed by atoms with Crippen LogP contribution >= 0.6 is 0 Å². The first kappa shape index (κ1) is 12.4. The Kier molecular flexibility index (Phi) is 4.06. The van der Waals surface area contributed by atoms with Crippen LogP contribution in [0, 0.1) is 6.92 Å². The Balaban J connectivity index is 2.20. The number of nitrogens with one attached hydrogen (secondary N) is 1. The van der Waals surface area contributed by atoms with Gasteiger partial charge in [0, 0.05) is 24.8 Å². The molecule has 1 heterocycles. The van der Waals surface area contributed by atoms with E-state index in [1.807, 2.05) is 7.05 Å². The SMILES string of the molecule is CNCc1ccc(N2CCCCC2C)c(C)c1. The number of piperidine rings is 1. The van der Waals surface area contributed by atoms with Crippen LogP contribution in [0.4, 0.5) is 5.69 Å². The molecule has 0 aliphatic carbocycles.